The molecule has 0 spiro atoms. The SMILES string of the molecule is CCCCCCCCCCCCCCCCCCCCCCCCC(=O)O[C@H](COC(=O)CCCCCCCCCCCCCCCC(C)C)COP(=O)(O)OC[C@@H](O)COP(=O)(O)OC[C@@H](COC(=O)CCCCCCCCCCC)OC(=O)CCCCCCCCCCCCCCC. The van der Waals surface area contributed by atoms with Crippen LogP contribution in [0.5, 0.6) is 0 Å². The Bertz CT molecular complexity index is 1910. The molecule has 0 fully saturated rings. The molecule has 0 bridgehead atoms. The van der Waals surface area contributed by atoms with E-state index in [1.165, 1.54) is 257 Å². The van der Waals surface area contributed by atoms with Crippen LogP contribution in [0.4, 0.5) is 0 Å². The highest BCUT2D eigenvalue weighted by Crippen LogP contribution is 2.45. The first-order valence-electron chi connectivity index (χ1n) is 42.1. The van der Waals surface area contributed by atoms with E-state index in [1.807, 2.05) is 0 Å². The Hall–Kier alpha value is -1.94. The Morgan fingerprint density at radius 2 is 0.460 bits per heavy atom. The maximum atomic E-state index is 13.1. The number of unbranched alkanes of at least 4 members (excludes halogenated alkanes) is 53. The van der Waals surface area contributed by atoms with E-state index < -0.39 is 97.5 Å². The number of phosphoric ester groups is 2. The second kappa shape index (κ2) is 73.9. The number of ether oxygens (including phenoxy) is 4. The molecule has 100 heavy (non-hydrogen) atoms. The molecule has 0 radical (unpaired) electrons. The van der Waals surface area contributed by atoms with E-state index in [9.17, 15) is 43.2 Å². The second-order valence-corrected chi connectivity index (χ2v) is 32.5. The Balaban J connectivity index is 5.19. The molecule has 0 aromatic heterocycles. The summed E-state index contributed by atoms with van der Waals surface area (Å²) in [5, 5.41) is 10.6. The van der Waals surface area contributed by atoms with E-state index in [2.05, 4.69) is 34.6 Å². The van der Waals surface area contributed by atoms with Crippen molar-refractivity contribution >= 4 is 39.5 Å². The standard InChI is InChI=1S/C81H158O17P2/c1-6-9-12-15-18-21-23-25-26-27-28-29-30-31-32-33-37-42-47-52-57-62-67-81(86)98-77(71-92-79(84)65-60-55-50-45-40-38-34-36-39-44-48-53-58-63-74(4)5)73-96-100(89,90)94-69-75(82)68-93-99(87,88)95-72-76(70-91-78(83)64-59-54-49-43-20-17-14-11-8-3)97-80(85)66-61-56-51-46-41-35-24-22-19-16-13-10-7-2/h74-77,82H,6-73H2,1-5H3,(H,87,88)(H,89,90)/t75-,76+,77+/m0/s1. The molecule has 2 unspecified atom stereocenters. The Labute approximate surface area is 613 Å². The third kappa shape index (κ3) is 74.3. The van der Waals surface area contributed by atoms with Crippen molar-refractivity contribution in [2.24, 2.45) is 5.92 Å². The zero-order chi connectivity index (χ0) is 73.4. The molecule has 0 aliphatic rings. The average molecular weight is 1470 g/mol. The summed E-state index contributed by atoms with van der Waals surface area (Å²) < 4.78 is 68.7. The number of carbonyl (C=O) groups excluding carboxylic acids is 4. The lowest BCUT2D eigenvalue weighted by molar-refractivity contribution is -0.161. The molecule has 0 saturated carbocycles. The van der Waals surface area contributed by atoms with Gasteiger partial charge in [-0.3, -0.25) is 37.3 Å². The number of hydrogen-bond donors (Lipinski definition) is 3. The number of carbonyl (C=O) groups is 4. The van der Waals surface area contributed by atoms with Gasteiger partial charge in [-0.1, -0.05) is 381 Å². The number of esters is 4. The van der Waals surface area contributed by atoms with E-state index in [0.29, 0.717) is 25.7 Å². The van der Waals surface area contributed by atoms with Gasteiger partial charge in [0.2, 0.25) is 0 Å². The molecule has 0 amide bonds. The first-order valence-corrected chi connectivity index (χ1v) is 45.1. The summed E-state index contributed by atoms with van der Waals surface area (Å²) in [6, 6.07) is 0. The first kappa shape index (κ1) is 98.1. The summed E-state index contributed by atoms with van der Waals surface area (Å²) >= 11 is 0. The highest BCUT2D eigenvalue weighted by molar-refractivity contribution is 7.47. The van der Waals surface area contributed by atoms with E-state index in [-0.39, 0.29) is 25.7 Å². The molecular formula is C81H158O17P2. The van der Waals surface area contributed by atoms with Crippen molar-refractivity contribution in [1.29, 1.82) is 0 Å². The van der Waals surface area contributed by atoms with Gasteiger partial charge in [-0.15, -0.1) is 0 Å². The van der Waals surface area contributed by atoms with Gasteiger partial charge < -0.3 is 33.8 Å². The molecule has 0 heterocycles. The summed E-state index contributed by atoms with van der Waals surface area (Å²) in [5.74, 6) is -1.32. The van der Waals surface area contributed by atoms with Gasteiger partial charge in [-0.05, 0) is 31.6 Å². The van der Waals surface area contributed by atoms with E-state index >= 15 is 0 Å². The lowest BCUT2D eigenvalue weighted by atomic mass is 10.0. The lowest BCUT2D eigenvalue weighted by Crippen LogP contribution is -2.30. The summed E-state index contributed by atoms with van der Waals surface area (Å²) in [6.45, 7) is 7.33. The lowest BCUT2D eigenvalue weighted by Gasteiger charge is -2.21. The first-order chi connectivity index (χ1) is 48.5. The Kier molecular flexibility index (Phi) is 72.5. The largest absolute Gasteiger partial charge is 0.472 e. The maximum absolute atomic E-state index is 13.1. The van der Waals surface area contributed by atoms with Gasteiger partial charge in [0.15, 0.2) is 12.2 Å². The summed E-state index contributed by atoms with van der Waals surface area (Å²) in [5.41, 5.74) is 0. The highest BCUT2D eigenvalue weighted by Gasteiger charge is 2.30. The number of hydrogen-bond acceptors (Lipinski definition) is 15. The molecule has 0 aromatic rings. The van der Waals surface area contributed by atoms with Crippen molar-refractivity contribution in [1.82, 2.24) is 0 Å². The van der Waals surface area contributed by atoms with Crippen molar-refractivity contribution in [3.8, 4) is 0 Å². The molecule has 3 N–H and O–H groups in total. The molecule has 0 aliphatic carbocycles. The molecule has 17 nitrogen and oxygen atoms in total. The van der Waals surface area contributed by atoms with Crippen molar-refractivity contribution < 1.29 is 80.2 Å². The zero-order valence-electron chi connectivity index (χ0n) is 65.3. The van der Waals surface area contributed by atoms with Crippen LogP contribution >= 0.6 is 15.6 Å². The second-order valence-electron chi connectivity index (χ2n) is 29.6. The molecule has 0 aromatic carbocycles. The molecule has 0 aliphatic heterocycles. The molecule has 0 rings (SSSR count). The van der Waals surface area contributed by atoms with Gasteiger partial charge in [-0.2, -0.15) is 0 Å². The fourth-order valence-corrected chi connectivity index (χ4v) is 14.2. The van der Waals surface area contributed by atoms with Crippen LogP contribution in [0, 0.1) is 5.92 Å². The van der Waals surface area contributed by atoms with Crippen LogP contribution in [0.1, 0.15) is 433 Å². The third-order valence-corrected chi connectivity index (χ3v) is 20.9. The van der Waals surface area contributed by atoms with Crippen LogP contribution in [0.15, 0.2) is 0 Å². The van der Waals surface area contributed by atoms with Crippen molar-refractivity contribution in [2.45, 2.75) is 451 Å². The van der Waals surface area contributed by atoms with Crippen molar-refractivity contribution in [3.05, 3.63) is 0 Å². The smallest absolute Gasteiger partial charge is 0.462 e. The van der Waals surface area contributed by atoms with Gasteiger partial charge in [0.05, 0.1) is 26.4 Å². The monoisotopic (exact) mass is 1470 g/mol. The molecular weight excluding hydrogens is 1310 g/mol. The zero-order valence-corrected chi connectivity index (χ0v) is 67.1. The maximum Gasteiger partial charge on any atom is 0.472 e. The van der Waals surface area contributed by atoms with E-state index in [1.54, 1.807) is 0 Å². The normalized spacial score (nSPS) is 13.8. The van der Waals surface area contributed by atoms with Gasteiger partial charge in [0.1, 0.15) is 19.3 Å². The minimum absolute atomic E-state index is 0.108. The fourth-order valence-electron chi connectivity index (χ4n) is 12.6. The minimum atomic E-state index is -4.96. The molecule has 0 saturated heterocycles. The quantitative estimate of drug-likeness (QED) is 0.0222. The predicted octanol–water partition coefficient (Wildman–Crippen LogP) is 24.4. The van der Waals surface area contributed by atoms with Crippen LogP contribution in [-0.4, -0.2) is 96.7 Å². The molecule has 594 valence electrons. The average Bonchev–Trinajstić information content (AvgIpc) is 0.947. The van der Waals surface area contributed by atoms with Gasteiger partial charge in [0, 0.05) is 25.7 Å². The van der Waals surface area contributed by atoms with Crippen LogP contribution in [0.25, 0.3) is 0 Å². The topological polar surface area (TPSA) is 237 Å². The molecule has 19 heteroatoms. The van der Waals surface area contributed by atoms with Gasteiger partial charge in [0.25, 0.3) is 0 Å². The van der Waals surface area contributed by atoms with Crippen molar-refractivity contribution in [2.75, 3.05) is 39.6 Å². The minimum Gasteiger partial charge on any atom is -0.462 e. The summed E-state index contributed by atoms with van der Waals surface area (Å²) in [4.78, 5) is 72.9. The van der Waals surface area contributed by atoms with Crippen molar-refractivity contribution in [3.63, 3.8) is 0 Å². The number of rotatable bonds is 81. The van der Waals surface area contributed by atoms with Crippen LogP contribution < -0.4 is 0 Å². The Morgan fingerprint density at radius 3 is 0.680 bits per heavy atom. The third-order valence-electron chi connectivity index (χ3n) is 19.0. The predicted molar refractivity (Wildman–Crippen MR) is 409 cm³/mol. The Morgan fingerprint density at radius 1 is 0.270 bits per heavy atom. The van der Waals surface area contributed by atoms with E-state index in [4.69, 9.17) is 37.0 Å². The van der Waals surface area contributed by atoms with Crippen LogP contribution in [0.2, 0.25) is 0 Å². The number of aliphatic hydroxyl groups excluding tert-OH is 1. The summed E-state index contributed by atoms with van der Waals surface area (Å²) in [7, 11) is -9.91. The highest BCUT2D eigenvalue weighted by atomic mass is 31.2. The van der Waals surface area contributed by atoms with Crippen LogP contribution in [-0.2, 0) is 65.4 Å². The van der Waals surface area contributed by atoms with Gasteiger partial charge >= 0.3 is 39.5 Å². The van der Waals surface area contributed by atoms with E-state index in [0.717, 1.165) is 95.8 Å². The fraction of sp³-hybridized carbons (Fsp3) is 0.951. The molecule has 5 atom stereocenters. The summed E-state index contributed by atoms with van der Waals surface area (Å²) in [6.07, 6.45) is 65.3. The number of phosphoric acid groups is 2. The van der Waals surface area contributed by atoms with Gasteiger partial charge in [-0.25, -0.2) is 9.13 Å². The van der Waals surface area contributed by atoms with Crippen LogP contribution in [0.3, 0.4) is 0 Å². The number of aliphatic hydroxyl groups is 1.